The van der Waals surface area contributed by atoms with E-state index in [0.29, 0.717) is 12.8 Å². The summed E-state index contributed by atoms with van der Waals surface area (Å²) in [7, 11) is 0. The van der Waals surface area contributed by atoms with Crippen molar-refractivity contribution in [1.29, 1.82) is 0 Å². The van der Waals surface area contributed by atoms with Crippen LogP contribution in [0.3, 0.4) is 0 Å². The Kier molecular flexibility index (Phi) is 2.85. The molecule has 1 aliphatic carbocycles. The molecule has 1 fully saturated rings. The molecule has 0 radical (unpaired) electrons. The molecule has 1 aromatic heterocycles. The number of nitrogens with zero attached hydrogens (tertiary/aromatic N) is 2. The molecular formula is C14H12N2O4. The summed E-state index contributed by atoms with van der Waals surface area (Å²) in [5.74, 6) is -2.35. The minimum Gasteiger partial charge on any atom is -0.478 e. The molecule has 1 aliphatic heterocycles. The van der Waals surface area contributed by atoms with Crippen LogP contribution in [-0.2, 0) is 9.59 Å². The van der Waals surface area contributed by atoms with Crippen LogP contribution in [0.4, 0.5) is 5.69 Å². The Hall–Kier alpha value is -2.50. The van der Waals surface area contributed by atoms with E-state index in [9.17, 15) is 14.4 Å². The average Bonchev–Trinajstić information content (AvgIpc) is 2.72. The number of pyridine rings is 1. The van der Waals surface area contributed by atoms with E-state index in [1.54, 1.807) is 0 Å². The SMILES string of the molecule is O=C(O)c1cncc(N2C(=O)C3CC=CCC3C2=O)c1. The van der Waals surface area contributed by atoms with Crippen LogP contribution in [0.1, 0.15) is 23.2 Å². The normalized spacial score (nSPS) is 24.9. The summed E-state index contributed by atoms with van der Waals surface area (Å²) >= 11 is 0. The summed E-state index contributed by atoms with van der Waals surface area (Å²) in [4.78, 5) is 40.5. The van der Waals surface area contributed by atoms with Crippen LogP contribution < -0.4 is 4.90 Å². The molecule has 6 nitrogen and oxygen atoms in total. The van der Waals surface area contributed by atoms with Gasteiger partial charge in [0.2, 0.25) is 11.8 Å². The largest absolute Gasteiger partial charge is 0.478 e. The van der Waals surface area contributed by atoms with Gasteiger partial charge in [0.1, 0.15) is 0 Å². The first-order valence-corrected chi connectivity index (χ1v) is 6.30. The first-order chi connectivity index (χ1) is 9.59. The van der Waals surface area contributed by atoms with E-state index in [1.165, 1.54) is 18.5 Å². The van der Waals surface area contributed by atoms with Gasteiger partial charge >= 0.3 is 5.97 Å². The number of carboxylic acid groups (broad SMARTS) is 1. The first-order valence-electron chi connectivity index (χ1n) is 6.30. The van der Waals surface area contributed by atoms with E-state index < -0.39 is 5.97 Å². The van der Waals surface area contributed by atoms with Crippen LogP contribution in [0.25, 0.3) is 0 Å². The number of hydrogen-bond acceptors (Lipinski definition) is 4. The number of anilines is 1. The fourth-order valence-electron chi connectivity index (χ4n) is 2.72. The van der Waals surface area contributed by atoms with Crippen LogP contribution in [-0.4, -0.2) is 27.9 Å². The number of aromatic carboxylic acids is 1. The maximum atomic E-state index is 12.3. The third kappa shape index (κ3) is 1.80. The third-order valence-electron chi connectivity index (χ3n) is 3.74. The fourth-order valence-corrected chi connectivity index (χ4v) is 2.72. The number of carbonyl (C=O) groups is 3. The molecule has 0 bridgehead atoms. The second kappa shape index (κ2) is 4.56. The zero-order chi connectivity index (χ0) is 14.3. The highest BCUT2D eigenvalue weighted by atomic mass is 16.4. The molecule has 2 atom stereocenters. The van der Waals surface area contributed by atoms with E-state index in [4.69, 9.17) is 5.11 Å². The monoisotopic (exact) mass is 272 g/mol. The summed E-state index contributed by atoms with van der Waals surface area (Å²) in [6, 6.07) is 1.30. The molecule has 1 N–H and O–H groups in total. The average molecular weight is 272 g/mol. The zero-order valence-corrected chi connectivity index (χ0v) is 10.5. The Morgan fingerprint density at radius 2 is 1.75 bits per heavy atom. The third-order valence-corrected chi connectivity index (χ3v) is 3.74. The Balaban J connectivity index is 1.98. The second-order valence-corrected chi connectivity index (χ2v) is 4.90. The van der Waals surface area contributed by atoms with Gasteiger partial charge in [-0.05, 0) is 18.9 Å². The van der Waals surface area contributed by atoms with Crippen molar-refractivity contribution in [2.45, 2.75) is 12.8 Å². The van der Waals surface area contributed by atoms with Crippen molar-refractivity contribution in [3.05, 3.63) is 36.2 Å². The van der Waals surface area contributed by atoms with Gasteiger partial charge in [0.25, 0.3) is 0 Å². The number of rotatable bonds is 2. The molecule has 6 heteroatoms. The van der Waals surface area contributed by atoms with Crippen molar-refractivity contribution in [1.82, 2.24) is 4.98 Å². The van der Waals surface area contributed by atoms with E-state index in [0.717, 1.165) is 4.90 Å². The number of imide groups is 1. The lowest BCUT2D eigenvalue weighted by atomic mass is 9.85. The van der Waals surface area contributed by atoms with Crippen molar-refractivity contribution in [3.8, 4) is 0 Å². The number of fused-ring (bicyclic) bond motifs is 1. The predicted octanol–water partition coefficient (Wildman–Crippen LogP) is 1.24. The summed E-state index contributed by atoms with van der Waals surface area (Å²) in [5, 5.41) is 8.95. The number of amides is 2. The highest BCUT2D eigenvalue weighted by molar-refractivity contribution is 6.22. The molecule has 2 aliphatic rings. The molecule has 3 rings (SSSR count). The number of carboxylic acids is 1. The van der Waals surface area contributed by atoms with Crippen molar-refractivity contribution in [2.75, 3.05) is 4.90 Å². The van der Waals surface area contributed by atoms with E-state index in [-0.39, 0.29) is 34.9 Å². The van der Waals surface area contributed by atoms with Crippen LogP contribution in [0.2, 0.25) is 0 Å². The molecule has 102 valence electrons. The van der Waals surface area contributed by atoms with Gasteiger partial charge in [0, 0.05) is 6.20 Å². The highest BCUT2D eigenvalue weighted by Gasteiger charge is 2.47. The number of hydrogen-bond donors (Lipinski definition) is 1. The number of allylic oxidation sites excluding steroid dienone is 2. The Bertz CT molecular complexity index is 612. The molecule has 1 saturated heterocycles. The second-order valence-electron chi connectivity index (χ2n) is 4.90. The Morgan fingerprint density at radius 3 is 2.30 bits per heavy atom. The quantitative estimate of drug-likeness (QED) is 0.646. The minimum absolute atomic E-state index is 0.0453. The van der Waals surface area contributed by atoms with Crippen molar-refractivity contribution in [2.24, 2.45) is 11.8 Å². The summed E-state index contributed by atoms with van der Waals surface area (Å²) in [6.45, 7) is 0. The van der Waals surface area contributed by atoms with Crippen molar-refractivity contribution >= 4 is 23.5 Å². The summed E-state index contributed by atoms with van der Waals surface area (Å²) in [5.41, 5.74) is 0.186. The van der Waals surface area contributed by atoms with Crippen molar-refractivity contribution < 1.29 is 19.5 Å². The molecule has 20 heavy (non-hydrogen) atoms. The molecule has 0 spiro atoms. The molecule has 1 aromatic rings. The van der Waals surface area contributed by atoms with Gasteiger partial charge in [0.15, 0.2) is 0 Å². The summed E-state index contributed by atoms with van der Waals surface area (Å²) in [6.07, 6.45) is 7.44. The van der Waals surface area contributed by atoms with Gasteiger partial charge in [-0.1, -0.05) is 12.2 Å². The van der Waals surface area contributed by atoms with Crippen LogP contribution >= 0.6 is 0 Å². The van der Waals surface area contributed by atoms with Crippen LogP contribution in [0, 0.1) is 11.8 Å². The van der Waals surface area contributed by atoms with Crippen LogP contribution in [0.5, 0.6) is 0 Å². The van der Waals surface area contributed by atoms with Gasteiger partial charge in [0.05, 0.1) is 29.3 Å². The first kappa shape index (κ1) is 12.5. The lowest BCUT2D eigenvalue weighted by molar-refractivity contribution is -0.122. The molecular weight excluding hydrogens is 260 g/mol. The molecule has 2 amide bonds. The highest BCUT2D eigenvalue weighted by Crippen LogP contribution is 2.37. The van der Waals surface area contributed by atoms with Gasteiger partial charge in [-0.25, -0.2) is 9.69 Å². The smallest absolute Gasteiger partial charge is 0.337 e. The van der Waals surface area contributed by atoms with Gasteiger partial charge in [-0.2, -0.15) is 0 Å². The number of carbonyl (C=O) groups excluding carboxylic acids is 2. The maximum Gasteiger partial charge on any atom is 0.337 e. The topological polar surface area (TPSA) is 87.6 Å². The predicted molar refractivity (Wildman–Crippen MR) is 69.0 cm³/mol. The minimum atomic E-state index is -1.14. The maximum absolute atomic E-state index is 12.3. The lowest BCUT2D eigenvalue weighted by Crippen LogP contribution is -2.31. The van der Waals surface area contributed by atoms with E-state index >= 15 is 0 Å². The Morgan fingerprint density at radius 1 is 1.15 bits per heavy atom. The molecule has 0 aromatic carbocycles. The van der Waals surface area contributed by atoms with E-state index in [1.807, 2.05) is 12.2 Å². The Labute approximate surface area is 114 Å². The number of aromatic nitrogens is 1. The lowest BCUT2D eigenvalue weighted by Gasteiger charge is -2.14. The molecule has 0 saturated carbocycles. The van der Waals surface area contributed by atoms with Gasteiger partial charge in [-0.15, -0.1) is 0 Å². The standard InChI is InChI=1S/C14H12N2O4/c17-12-10-3-1-2-4-11(10)13(18)16(12)9-5-8(14(19)20)6-15-7-9/h1-2,5-7,10-11H,3-4H2,(H,19,20). The zero-order valence-electron chi connectivity index (χ0n) is 10.5. The fraction of sp³-hybridized carbons (Fsp3) is 0.286. The van der Waals surface area contributed by atoms with Gasteiger partial charge < -0.3 is 5.11 Å². The van der Waals surface area contributed by atoms with Gasteiger partial charge in [-0.3, -0.25) is 14.6 Å². The van der Waals surface area contributed by atoms with Crippen LogP contribution in [0.15, 0.2) is 30.6 Å². The van der Waals surface area contributed by atoms with E-state index in [2.05, 4.69) is 4.98 Å². The molecule has 2 unspecified atom stereocenters. The summed E-state index contributed by atoms with van der Waals surface area (Å²) < 4.78 is 0. The molecule has 2 heterocycles. The van der Waals surface area contributed by atoms with Crippen molar-refractivity contribution in [3.63, 3.8) is 0 Å².